The normalized spacial score (nSPS) is 11.9. The van der Waals surface area contributed by atoms with Gasteiger partial charge in [-0.2, -0.15) is 0 Å². The van der Waals surface area contributed by atoms with Crippen molar-refractivity contribution in [3.05, 3.63) is 89.2 Å². The second-order valence-corrected chi connectivity index (χ2v) is 11.6. The van der Waals surface area contributed by atoms with E-state index in [1.54, 1.807) is 31.2 Å². The number of carbonyl (C=O) groups is 2. The van der Waals surface area contributed by atoms with Gasteiger partial charge in [-0.25, -0.2) is 12.8 Å². The highest BCUT2D eigenvalue weighted by Gasteiger charge is 2.32. The molecule has 1 atom stereocenters. The molecule has 0 fully saturated rings. The Hall–Kier alpha value is -3.63. The number of sulfonamides is 1. The summed E-state index contributed by atoms with van der Waals surface area (Å²) in [4.78, 5) is 28.1. The zero-order valence-electron chi connectivity index (χ0n) is 23.3. The fourth-order valence-corrected chi connectivity index (χ4v) is 5.68. The van der Waals surface area contributed by atoms with Gasteiger partial charge in [0.2, 0.25) is 11.8 Å². The molecule has 3 aromatic carbocycles. The van der Waals surface area contributed by atoms with E-state index in [0.29, 0.717) is 29.5 Å². The maximum absolute atomic E-state index is 13.9. The zero-order chi connectivity index (χ0) is 30.0. The Morgan fingerprint density at radius 3 is 2.27 bits per heavy atom. The van der Waals surface area contributed by atoms with Crippen molar-refractivity contribution >= 4 is 39.1 Å². The molecule has 11 heteroatoms. The molecule has 0 saturated carbocycles. The fourth-order valence-electron chi connectivity index (χ4n) is 4.07. The highest BCUT2D eigenvalue weighted by Crippen LogP contribution is 2.27. The average molecular weight is 604 g/mol. The molecule has 2 amide bonds. The van der Waals surface area contributed by atoms with Gasteiger partial charge in [0.25, 0.3) is 10.0 Å². The second-order valence-electron chi connectivity index (χ2n) is 9.33. The van der Waals surface area contributed by atoms with Crippen LogP contribution in [-0.4, -0.2) is 50.9 Å². The Morgan fingerprint density at radius 2 is 1.66 bits per heavy atom. The van der Waals surface area contributed by atoms with E-state index < -0.39 is 34.3 Å². The summed E-state index contributed by atoms with van der Waals surface area (Å²) in [6, 6.07) is 16.6. The molecule has 8 nitrogen and oxygen atoms in total. The smallest absolute Gasteiger partial charge is 0.264 e. The number of unbranched alkanes of at least 4 members (excludes halogenated alkanes) is 1. The lowest BCUT2D eigenvalue weighted by atomic mass is 10.1. The maximum atomic E-state index is 13.9. The molecule has 1 unspecified atom stereocenters. The van der Waals surface area contributed by atoms with Crippen LogP contribution in [0.5, 0.6) is 5.75 Å². The summed E-state index contributed by atoms with van der Waals surface area (Å²) in [7, 11) is -4.29. The summed E-state index contributed by atoms with van der Waals surface area (Å²) >= 11 is 6.37. The number of anilines is 1. The topological polar surface area (TPSA) is 96.0 Å². The van der Waals surface area contributed by atoms with Crippen LogP contribution >= 0.6 is 11.6 Å². The van der Waals surface area contributed by atoms with Crippen LogP contribution < -0.4 is 14.4 Å². The van der Waals surface area contributed by atoms with E-state index in [2.05, 4.69) is 5.32 Å². The molecule has 3 aromatic rings. The lowest BCUT2D eigenvalue weighted by Crippen LogP contribution is -2.51. The third-order valence-corrected chi connectivity index (χ3v) is 8.57. The van der Waals surface area contributed by atoms with Gasteiger partial charge in [-0.1, -0.05) is 43.1 Å². The summed E-state index contributed by atoms with van der Waals surface area (Å²) < 4.78 is 47.8. The molecule has 0 bridgehead atoms. The van der Waals surface area contributed by atoms with E-state index in [1.165, 1.54) is 41.3 Å². The number of hydrogen-bond donors (Lipinski definition) is 1. The van der Waals surface area contributed by atoms with Crippen molar-refractivity contribution in [1.29, 1.82) is 0 Å². The SMILES string of the molecule is CCCCNC(=O)C(C)N(Cc1ccccc1Cl)C(=O)CN(c1ccc(F)cc1)S(=O)(=O)c1ccc(OCC)cc1. The number of nitrogens with one attached hydrogen (secondary N) is 1. The minimum absolute atomic E-state index is 0.0266. The van der Waals surface area contributed by atoms with Crippen LogP contribution in [0.4, 0.5) is 10.1 Å². The molecule has 41 heavy (non-hydrogen) atoms. The monoisotopic (exact) mass is 603 g/mol. The zero-order valence-corrected chi connectivity index (χ0v) is 24.9. The van der Waals surface area contributed by atoms with Crippen molar-refractivity contribution in [2.75, 3.05) is 24.0 Å². The number of rotatable bonds is 14. The molecule has 0 aliphatic carbocycles. The van der Waals surface area contributed by atoms with E-state index in [1.807, 2.05) is 13.8 Å². The van der Waals surface area contributed by atoms with Gasteiger partial charge < -0.3 is 15.0 Å². The van der Waals surface area contributed by atoms with Crippen molar-refractivity contribution < 1.29 is 27.1 Å². The molecule has 220 valence electrons. The van der Waals surface area contributed by atoms with Crippen LogP contribution in [0, 0.1) is 5.82 Å². The number of hydrogen-bond acceptors (Lipinski definition) is 5. The van der Waals surface area contributed by atoms with E-state index in [-0.39, 0.29) is 23.0 Å². The number of benzene rings is 3. The quantitative estimate of drug-likeness (QED) is 0.249. The summed E-state index contributed by atoms with van der Waals surface area (Å²) in [6.07, 6.45) is 1.66. The Kier molecular flexibility index (Phi) is 11.5. The first-order valence-corrected chi connectivity index (χ1v) is 15.2. The molecule has 0 aliphatic heterocycles. The predicted molar refractivity (Wildman–Crippen MR) is 158 cm³/mol. The Bertz CT molecular complexity index is 1420. The van der Waals surface area contributed by atoms with E-state index in [9.17, 15) is 22.4 Å². The third kappa shape index (κ3) is 8.43. The predicted octanol–water partition coefficient (Wildman–Crippen LogP) is 5.41. The van der Waals surface area contributed by atoms with Gasteiger partial charge in [-0.05, 0) is 80.4 Å². The first-order chi connectivity index (χ1) is 19.6. The van der Waals surface area contributed by atoms with Crippen LogP contribution in [0.1, 0.15) is 39.2 Å². The Morgan fingerprint density at radius 1 is 1.00 bits per heavy atom. The average Bonchev–Trinajstić information content (AvgIpc) is 2.96. The summed E-state index contributed by atoms with van der Waals surface area (Å²) in [5, 5.41) is 3.23. The van der Waals surface area contributed by atoms with Crippen LogP contribution in [0.2, 0.25) is 5.02 Å². The van der Waals surface area contributed by atoms with Gasteiger partial charge in [0.1, 0.15) is 24.2 Å². The molecule has 0 spiro atoms. The highest BCUT2D eigenvalue weighted by molar-refractivity contribution is 7.92. The van der Waals surface area contributed by atoms with Gasteiger partial charge >= 0.3 is 0 Å². The van der Waals surface area contributed by atoms with Gasteiger partial charge in [-0.15, -0.1) is 0 Å². The van der Waals surface area contributed by atoms with Gasteiger partial charge in [-0.3, -0.25) is 13.9 Å². The molecule has 0 heterocycles. The van der Waals surface area contributed by atoms with E-state index in [0.717, 1.165) is 29.3 Å². The largest absolute Gasteiger partial charge is 0.494 e. The van der Waals surface area contributed by atoms with Gasteiger partial charge in [0, 0.05) is 18.1 Å². The number of nitrogens with zero attached hydrogens (tertiary/aromatic N) is 2. The summed E-state index contributed by atoms with van der Waals surface area (Å²) in [5.74, 6) is -1.08. The van der Waals surface area contributed by atoms with E-state index in [4.69, 9.17) is 16.3 Å². The molecule has 0 aromatic heterocycles. The number of ether oxygens (including phenoxy) is 1. The standard InChI is InChI=1S/C30H35ClFN3O5S/c1-4-6-19-33-30(37)22(3)34(20-23-9-7-8-10-28(23)31)29(36)21-35(25-13-11-24(32)12-14-25)41(38,39)27-17-15-26(16-18-27)40-5-2/h7-18,22H,4-6,19-21H2,1-3H3,(H,33,37). The molecule has 0 aliphatic rings. The number of halogens is 2. The van der Waals surface area contributed by atoms with Crippen LogP contribution in [0.3, 0.4) is 0 Å². The highest BCUT2D eigenvalue weighted by atomic mass is 35.5. The fraction of sp³-hybridized carbons (Fsp3) is 0.333. The summed E-state index contributed by atoms with van der Waals surface area (Å²) in [5.41, 5.74) is 0.685. The molecule has 0 saturated heterocycles. The van der Waals surface area contributed by atoms with Crippen LogP contribution in [0.25, 0.3) is 0 Å². The van der Waals surface area contributed by atoms with Crippen molar-refractivity contribution in [2.45, 2.75) is 51.1 Å². The Labute approximate surface area is 246 Å². The minimum atomic E-state index is -4.29. The molecule has 3 rings (SSSR count). The molecule has 1 N–H and O–H groups in total. The second kappa shape index (κ2) is 14.8. The number of carbonyl (C=O) groups excluding carboxylic acids is 2. The molecular weight excluding hydrogens is 569 g/mol. The summed E-state index contributed by atoms with van der Waals surface area (Å²) in [6.45, 7) is 5.58. The minimum Gasteiger partial charge on any atom is -0.494 e. The van der Waals surface area contributed by atoms with Crippen LogP contribution in [-0.2, 0) is 26.2 Å². The first kappa shape index (κ1) is 31.9. The third-order valence-electron chi connectivity index (χ3n) is 6.41. The van der Waals surface area contributed by atoms with Gasteiger partial charge in [0.05, 0.1) is 17.2 Å². The Balaban J connectivity index is 2.00. The van der Waals surface area contributed by atoms with Crippen molar-refractivity contribution in [1.82, 2.24) is 10.2 Å². The maximum Gasteiger partial charge on any atom is 0.264 e. The van der Waals surface area contributed by atoms with Crippen LogP contribution in [0.15, 0.2) is 77.7 Å². The van der Waals surface area contributed by atoms with Crippen molar-refractivity contribution in [3.63, 3.8) is 0 Å². The van der Waals surface area contributed by atoms with Crippen molar-refractivity contribution in [2.24, 2.45) is 0 Å². The lowest BCUT2D eigenvalue weighted by molar-refractivity contribution is -0.139. The van der Waals surface area contributed by atoms with Crippen molar-refractivity contribution in [3.8, 4) is 5.75 Å². The molecule has 0 radical (unpaired) electrons. The van der Waals surface area contributed by atoms with E-state index >= 15 is 0 Å². The first-order valence-electron chi connectivity index (χ1n) is 13.4. The number of amides is 2. The lowest BCUT2D eigenvalue weighted by Gasteiger charge is -2.32. The van der Waals surface area contributed by atoms with Gasteiger partial charge in [0.15, 0.2) is 0 Å². The molecular formula is C30H35ClFN3O5S.